The molecule has 4 aromatic rings. The Kier molecular flexibility index (Phi) is 5.08. The Bertz CT molecular complexity index is 1150. The number of tetrazole rings is 1. The van der Waals surface area contributed by atoms with Gasteiger partial charge in [0.25, 0.3) is 0 Å². The minimum absolute atomic E-state index is 0.655. The normalized spacial score (nSPS) is 10.7. The molecule has 0 amide bonds. The van der Waals surface area contributed by atoms with E-state index in [-0.39, 0.29) is 0 Å². The van der Waals surface area contributed by atoms with Crippen molar-refractivity contribution < 1.29 is 4.74 Å². The van der Waals surface area contributed by atoms with E-state index >= 15 is 0 Å². The number of aryl methyl sites for hydroxylation is 3. The first-order chi connectivity index (χ1) is 14.2. The smallest absolute Gasteiger partial charge is 0.176 e. The number of aromatic amines is 1. The molecule has 0 bridgehead atoms. The molecule has 29 heavy (non-hydrogen) atoms. The van der Waals surface area contributed by atoms with Crippen molar-refractivity contribution in [1.29, 1.82) is 5.26 Å². The summed E-state index contributed by atoms with van der Waals surface area (Å²) in [5.74, 6) is 1.49. The number of hydrogen-bond donors (Lipinski definition) is 1. The quantitative estimate of drug-likeness (QED) is 0.546. The summed E-state index contributed by atoms with van der Waals surface area (Å²) < 4.78 is 7.49. The third-order valence-electron chi connectivity index (χ3n) is 4.94. The topological polar surface area (TPSA) is 92.4 Å². The zero-order valence-corrected chi connectivity index (χ0v) is 16.3. The second-order valence-electron chi connectivity index (χ2n) is 6.72. The molecule has 4 rings (SSSR count). The Balaban J connectivity index is 1.79. The van der Waals surface area contributed by atoms with Gasteiger partial charge >= 0.3 is 0 Å². The molecule has 0 aliphatic heterocycles. The Labute approximate surface area is 168 Å². The van der Waals surface area contributed by atoms with E-state index in [1.54, 1.807) is 7.11 Å². The van der Waals surface area contributed by atoms with Gasteiger partial charge in [-0.3, -0.25) is 0 Å². The van der Waals surface area contributed by atoms with E-state index in [1.807, 2.05) is 37.3 Å². The fourth-order valence-electron chi connectivity index (χ4n) is 3.47. The summed E-state index contributed by atoms with van der Waals surface area (Å²) >= 11 is 0. The zero-order chi connectivity index (χ0) is 20.2. The van der Waals surface area contributed by atoms with Gasteiger partial charge in [0, 0.05) is 30.3 Å². The number of benzene rings is 2. The largest absolute Gasteiger partial charge is 0.497 e. The minimum Gasteiger partial charge on any atom is -0.497 e. The highest BCUT2D eigenvalue weighted by molar-refractivity contribution is 5.83. The lowest BCUT2D eigenvalue weighted by atomic mass is 9.97. The molecule has 0 saturated heterocycles. The molecule has 0 atom stereocenters. The summed E-state index contributed by atoms with van der Waals surface area (Å²) in [7, 11) is 1.66. The van der Waals surface area contributed by atoms with Crippen molar-refractivity contribution in [3.8, 4) is 34.2 Å². The van der Waals surface area contributed by atoms with Gasteiger partial charge in [-0.05, 0) is 48.4 Å². The number of aromatic nitrogens is 5. The van der Waals surface area contributed by atoms with Crippen LogP contribution in [0.3, 0.4) is 0 Å². The molecule has 0 fully saturated rings. The van der Waals surface area contributed by atoms with Gasteiger partial charge in [0.1, 0.15) is 5.75 Å². The first-order valence-electron chi connectivity index (χ1n) is 9.26. The van der Waals surface area contributed by atoms with Crippen LogP contribution in [0.4, 0.5) is 0 Å². The van der Waals surface area contributed by atoms with Crippen LogP contribution in [0.2, 0.25) is 0 Å². The lowest BCUT2D eigenvalue weighted by Crippen LogP contribution is -2.04. The average molecular weight is 384 g/mol. The molecule has 2 aromatic heterocycles. The standard InChI is InChI=1S/C22H20N6O/c1-15-13-16(14-23)3-8-19(15)22-20(17-4-6-18(29-2)7-5-17)9-11-28(22)12-10-21-24-26-27-25-21/h3-9,11,13H,10,12H2,1-2H3,(H,24,25,26,27). The third kappa shape index (κ3) is 3.73. The molecule has 0 radical (unpaired) electrons. The average Bonchev–Trinajstić information content (AvgIpc) is 3.42. The van der Waals surface area contributed by atoms with Gasteiger partial charge in [0.05, 0.1) is 24.4 Å². The van der Waals surface area contributed by atoms with Gasteiger partial charge < -0.3 is 9.30 Å². The highest BCUT2D eigenvalue weighted by Gasteiger charge is 2.16. The highest BCUT2D eigenvalue weighted by atomic mass is 16.5. The summed E-state index contributed by atoms with van der Waals surface area (Å²) in [6.45, 7) is 2.75. The zero-order valence-electron chi connectivity index (χ0n) is 16.3. The third-order valence-corrected chi connectivity index (χ3v) is 4.94. The van der Waals surface area contributed by atoms with E-state index in [0.717, 1.165) is 33.7 Å². The number of rotatable bonds is 6. The van der Waals surface area contributed by atoms with Crippen LogP contribution in [0.15, 0.2) is 54.7 Å². The number of ether oxygens (including phenoxy) is 1. The molecular weight excluding hydrogens is 364 g/mol. The molecule has 0 aliphatic carbocycles. The number of methoxy groups -OCH3 is 1. The van der Waals surface area contributed by atoms with Crippen LogP contribution in [0.1, 0.15) is 17.0 Å². The predicted molar refractivity (Wildman–Crippen MR) is 109 cm³/mol. The van der Waals surface area contributed by atoms with E-state index in [1.165, 1.54) is 0 Å². The molecule has 1 N–H and O–H groups in total. The van der Waals surface area contributed by atoms with Crippen molar-refractivity contribution in [2.45, 2.75) is 19.9 Å². The van der Waals surface area contributed by atoms with Crippen LogP contribution in [-0.4, -0.2) is 32.3 Å². The van der Waals surface area contributed by atoms with Crippen molar-refractivity contribution in [3.63, 3.8) is 0 Å². The first-order valence-corrected chi connectivity index (χ1v) is 9.26. The minimum atomic E-state index is 0.655. The first kappa shape index (κ1) is 18.4. The Morgan fingerprint density at radius 3 is 2.59 bits per heavy atom. The maximum Gasteiger partial charge on any atom is 0.176 e. The van der Waals surface area contributed by atoms with Crippen LogP contribution in [0.5, 0.6) is 5.75 Å². The van der Waals surface area contributed by atoms with Crippen molar-refractivity contribution in [2.75, 3.05) is 7.11 Å². The molecule has 0 unspecified atom stereocenters. The second kappa shape index (κ2) is 7.98. The number of H-pyrrole nitrogens is 1. The number of hydrogen-bond acceptors (Lipinski definition) is 5. The van der Waals surface area contributed by atoms with E-state index in [0.29, 0.717) is 24.4 Å². The van der Waals surface area contributed by atoms with Gasteiger partial charge in [-0.1, -0.05) is 23.4 Å². The van der Waals surface area contributed by atoms with Crippen LogP contribution in [0, 0.1) is 18.3 Å². The molecule has 2 aromatic carbocycles. The number of nitrogens with zero attached hydrogens (tertiary/aromatic N) is 5. The summed E-state index contributed by atoms with van der Waals surface area (Å²) in [4.78, 5) is 0. The molecule has 7 nitrogen and oxygen atoms in total. The summed E-state index contributed by atoms with van der Waals surface area (Å²) in [5, 5.41) is 23.4. The summed E-state index contributed by atoms with van der Waals surface area (Å²) in [6.07, 6.45) is 2.74. The van der Waals surface area contributed by atoms with E-state index in [2.05, 4.69) is 55.7 Å². The summed E-state index contributed by atoms with van der Waals surface area (Å²) in [5.41, 5.74) is 6.12. The van der Waals surface area contributed by atoms with Gasteiger partial charge in [-0.2, -0.15) is 10.5 Å². The Hall–Kier alpha value is -3.92. The Morgan fingerprint density at radius 1 is 1.10 bits per heavy atom. The van der Waals surface area contributed by atoms with Crippen molar-refractivity contribution in [3.05, 3.63) is 71.7 Å². The monoisotopic (exact) mass is 384 g/mol. The van der Waals surface area contributed by atoms with Gasteiger partial charge in [0.2, 0.25) is 0 Å². The fourth-order valence-corrected chi connectivity index (χ4v) is 3.47. The summed E-state index contributed by atoms with van der Waals surface area (Å²) in [6, 6.07) is 18.1. The van der Waals surface area contributed by atoms with Gasteiger partial charge in [0.15, 0.2) is 5.82 Å². The maximum atomic E-state index is 9.22. The molecule has 2 heterocycles. The molecule has 0 aliphatic rings. The van der Waals surface area contributed by atoms with Crippen molar-refractivity contribution in [2.24, 2.45) is 0 Å². The van der Waals surface area contributed by atoms with Crippen molar-refractivity contribution >= 4 is 0 Å². The number of nitriles is 1. The van der Waals surface area contributed by atoms with Gasteiger partial charge in [-0.25, -0.2) is 0 Å². The van der Waals surface area contributed by atoms with Crippen LogP contribution < -0.4 is 4.74 Å². The molecule has 0 spiro atoms. The molecular formula is C22H20N6O. The fraction of sp³-hybridized carbons (Fsp3) is 0.182. The van der Waals surface area contributed by atoms with E-state index in [9.17, 15) is 5.26 Å². The van der Waals surface area contributed by atoms with Crippen LogP contribution in [-0.2, 0) is 13.0 Å². The van der Waals surface area contributed by atoms with Gasteiger partial charge in [-0.15, -0.1) is 10.2 Å². The lowest BCUT2D eigenvalue weighted by molar-refractivity contribution is 0.415. The maximum absolute atomic E-state index is 9.22. The lowest BCUT2D eigenvalue weighted by Gasteiger charge is -2.14. The van der Waals surface area contributed by atoms with Crippen LogP contribution >= 0.6 is 0 Å². The van der Waals surface area contributed by atoms with E-state index < -0.39 is 0 Å². The molecule has 7 heteroatoms. The van der Waals surface area contributed by atoms with E-state index in [4.69, 9.17) is 4.74 Å². The highest BCUT2D eigenvalue weighted by Crippen LogP contribution is 2.36. The number of nitrogens with one attached hydrogen (secondary N) is 1. The van der Waals surface area contributed by atoms with Crippen LogP contribution in [0.25, 0.3) is 22.4 Å². The second-order valence-corrected chi connectivity index (χ2v) is 6.72. The molecule has 0 saturated carbocycles. The molecule has 144 valence electrons. The SMILES string of the molecule is COc1ccc(-c2ccn(CCc3nn[nH]n3)c2-c2ccc(C#N)cc2C)cc1. The Morgan fingerprint density at radius 2 is 1.93 bits per heavy atom. The van der Waals surface area contributed by atoms with Crippen molar-refractivity contribution in [1.82, 2.24) is 25.2 Å². The predicted octanol–water partition coefficient (Wildman–Crippen LogP) is 3.77.